The number of benzene rings is 5. The van der Waals surface area contributed by atoms with E-state index in [4.69, 9.17) is 4.42 Å². The standard InChI is InChI=1S/C37H26N2OS/c1-4-10-30-27(7-1)28-8-2-5-11-31(28)39(30)26-19-17-24(18-20-26)23-13-15-25(16-14-23)37-38-36-34(41-37)22-21-33-35(36)29-9-3-6-12-32(29)40-33/h1-22,27,30,37-38H. The number of para-hydroxylation sites is 2. The fourth-order valence-corrected chi connectivity index (χ4v) is 7.88. The topological polar surface area (TPSA) is 28.4 Å². The summed E-state index contributed by atoms with van der Waals surface area (Å²) in [6.07, 6.45) is 9.00. The third-order valence-corrected chi connectivity index (χ3v) is 9.90. The number of nitrogens with zero attached hydrogens (tertiary/aromatic N) is 1. The smallest absolute Gasteiger partial charge is 0.137 e. The van der Waals surface area contributed by atoms with E-state index in [2.05, 4.69) is 132 Å². The van der Waals surface area contributed by atoms with Crippen molar-refractivity contribution in [3.05, 3.63) is 145 Å². The summed E-state index contributed by atoms with van der Waals surface area (Å²) in [4.78, 5) is 3.75. The molecular weight excluding hydrogens is 520 g/mol. The van der Waals surface area contributed by atoms with Gasteiger partial charge in [0.15, 0.2) is 0 Å². The molecular formula is C37H26N2OS. The second-order valence-corrected chi connectivity index (χ2v) is 12.1. The highest BCUT2D eigenvalue weighted by Crippen LogP contribution is 2.51. The summed E-state index contributed by atoms with van der Waals surface area (Å²) in [6, 6.07) is 39.7. The number of furan rings is 1. The molecule has 1 N–H and O–H groups in total. The van der Waals surface area contributed by atoms with Gasteiger partial charge in [0.2, 0.25) is 0 Å². The van der Waals surface area contributed by atoms with Gasteiger partial charge in [-0.25, -0.2) is 0 Å². The van der Waals surface area contributed by atoms with Crippen molar-refractivity contribution in [2.45, 2.75) is 22.2 Å². The van der Waals surface area contributed by atoms with E-state index in [0.29, 0.717) is 12.0 Å². The summed E-state index contributed by atoms with van der Waals surface area (Å²) in [6.45, 7) is 0. The zero-order chi connectivity index (χ0) is 26.9. The highest BCUT2D eigenvalue weighted by molar-refractivity contribution is 8.00. The summed E-state index contributed by atoms with van der Waals surface area (Å²) in [5.41, 5.74) is 10.7. The second-order valence-electron chi connectivity index (χ2n) is 10.9. The van der Waals surface area contributed by atoms with Crippen LogP contribution in [0.1, 0.15) is 22.4 Å². The molecule has 0 bridgehead atoms. The zero-order valence-electron chi connectivity index (χ0n) is 22.2. The number of hydrogen-bond donors (Lipinski definition) is 1. The molecule has 0 saturated heterocycles. The van der Waals surface area contributed by atoms with Gasteiger partial charge >= 0.3 is 0 Å². The van der Waals surface area contributed by atoms with Gasteiger partial charge in [0, 0.05) is 27.6 Å². The highest BCUT2D eigenvalue weighted by atomic mass is 32.2. The van der Waals surface area contributed by atoms with Crippen molar-refractivity contribution in [2.75, 3.05) is 10.2 Å². The Bertz CT molecular complexity index is 2020. The van der Waals surface area contributed by atoms with Gasteiger partial charge < -0.3 is 14.6 Å². The van der Waals surface area contributed by atoms with E-state index in [1.54, 1.807) is 0 Å². The van der Waals surface area contributed by atoms with Gasteiger partial charge in [-0.1, -0.05) is 109 Å². The minimum Gasteiger partial charge on any atom is -0.456 e. The molecule has 0 amide bonds. The Hall–Kier alpha value is -4.67. The molecule has 2 aliphatic heterocycles. The van der Waals surface area contributed by atoms with E-state index >= 15 is 0 Å². The van der Waals surface area contributed by atoms with Crippen LogP contribution in [-0.2, 0) is 0 Å². The molecule has 0 spiro atoms. The molecule has 0 radical (unpaired) electrons. The van der Waals surface area contributed by atoms with E-state index in [1.165, 1.54) is 49.6 Å². The predicted octanol–water partition coefficient (Wildman–Crippen LogP) is 10.2. The fourth-order valence-electron chi connectivity index (χ4n) is 6.73. The molecule has 3 nitrogen and oxygen atoms in total. The first-order valence-corrected chi connectivity index (χ1v) is 15.0. The first-order valence-electron chi connectivity index (χ1n) is 14.1. The summed E-state index contributed by atoms with van der Waals surface area (Å²) in [5.74, 6) is 0.403. The lowest BCUT2D eigenvalue weighted by Gasteiger charge is -2.28. The minimum absolute atomic E-state index is 0.168. The average molecular weight is 547 g/mol. The average Bonchev–Trinajstić information content (AvgIpc) is 3.73. The predicted molar refractivity (Wildman–Crippen MR) is 171 cm³/mol. The van der Waals surface area contributed by atoms with Gasteiger partial charge in [0.1, 0.15) is 16.5 Å². The first kappa shape index (κ1) is 23.1. The number of rotatable bonds is 3. The van der Waals surface area contributed by atoms with Crippen molar-refractivity contribution in [1.29, 1.82) is 0 Å². The number of nitrogens with one attached hydrogen (secondary N) is 1. The third kappa shape index (κ3) is 3.54. The van der Waals surface area contributed by atoms with E-state index in [0.717, 1.165) is 16.6 Å². The van der Waals surface area contributed by atoms with Crippen molar-refractivity contribution in [3.8, 4) is 11.1 Å². The van der Waals surface area contributed by atoms with Gasteiger partial charge in [-0.15, -0.1) is 0 Å². The molecule has 1 aliphatic carbocycles. The number of anilines is 3. The molecule has 4 heteroatoms. The van der Waals surface area contributed by atoms with Crippen LogP contribution in [0.25, 0.3) is 33.1 Å². The van der Waals surface area contributed by atoms with E-state index in [9.17, 15) is 0 Å². The van der Waals surface area contributed by atoms with E-state index in [1.807, 2.05) is 23.9 Å². The van der Waals surface area contributed by atoms with E-state index in [-0.39, 0.29) is 5.37 Å². The second kappa shape index (κ2) is 8.92. The highest BCUT2D eigenvalue weighted by Gasteiger charge is 2.37. The third-order valence-electron chi connectivity index (χ3n) is 8.68. The maximum atomic E-state index is 6.11. The Kier molecular flexibility index (Phi) is 5.02. The van der Waals surface area contributed by atoms with Crippen LogP contribution in [0.5, 0.6) is 0 Å². The Labute approximate surface area is 242 Å². The SMILES string of the molecule is C1=CC2c3ccccc3N(c3ccc(-c4ccc(C5Nc6c(ccc7oc8ccccc8c67)S5)cc4)cc3)C2C=C1. The summed E-state index contributed by atoms with van der Waals surface area (Å²) in [7, 11) is 0. The largest absolute Gasteiger partial charge is 0.456 e. The first-order chi connectivity index (χ1) is 20.3. The number of hydrogen-bond acceptors (Lipinski definition) is 4. The van der Waals surface area contributed by atoms with Gasteiger partial charge in [0.25, 0.3) is 0 Å². The quantitative estimate of drug-likeness (QED) is 0.239. The van der Waals surface area contributed by atoms with E-state index < -0.39 is 0 Å². The normalized spacial score (nSPS) is 20.3. The number of fused-ring (bicyclic) bond motifs is 8. The van der Waals surface area contributed by atoms with Crippen LogP contribution in [0.4, 0.5) is 17.1 Å². The van der Waals surface area contributed by atoms with Crippen LogP contribution in [0.2, 0.25) is 0 Å². The van der Waals surface area contributed by atoms with Crippen molar-refractivity contribution in [1.82, 2.24) is 0 Å². The van der Waals surface area contributed by atoms with Gasteiger partial charge in [0.05, 0.1) is 17.1 Å². The zero-order valence-corrected chi connectivity index (χ0v) is 23.0. The molecule has 1 aromatic heterocycles. The van der Waals surface area contributed by atoms with Crippen molar-refractivity contribution < 1.29 is 4.42 Å². The lowest BCUT2D eigenvalue weighted by atomic mass is 9.91. The maximum Gasteiger partial charge on any atom is 0.137 e. The monoisotopic (exact) mass is 546 g/mol. The van der Waals surface area contributed by atoms with Crippen LogP contribution < -0.4 is 10.2 Å². The molecule has 0 fully saturated rings. The summed E-state index contributed by atoms with van der Waals surface area (Å²) in [5, 5.41) is 6.30. The Morgan fingerprint density at radius 2 is 1.44 bits per heavy atom. The van der Waals surface area contributed by atoms with Crippen LogP contribution in [0.3, 0.4) is 0 Å². The van der Waals surface area contributed by atoms with Crippen LogP contribution in [-0.4, -0.2) is 6.04 Å². The summed E-state index contributed by atoms with van der Waals surface area (Å²) < 4.78 is 6.11. The molecule has 9 rings (SSSR count). The van der Waals surface area contributed by atoms with Crippen molar-refractivity contribution >= 4 is 50.8 Å². The minimum atomic E-state index is 0.168. The Morgan fingerprint density at radius 1 is 0.683 bits per heavy atom. The van der Waals surface area contributed by atoms with Gasteiger partial charge in [-0.2, -0.15) is 0 Å². The molecule has 3 heterocycles. The van der Waals surface area contributed by atoms with Crippen LogP contribution in [0, 0.1) is 0 Å². The molecule has 3 unspecified atom stereocenters. The molecule has 6 aromatic rings. The molecule has 0 saturated carbocycles. The van der Waals surface area contributed by atoms with Gasteiger partial charge in [-0.05, 0) is 58.7 Å². The lowest BCUT2D eigenvalue weighted by molar-refractivity contribution is 0.669. The number of allylic oxidation sites excluding steroid dienone is 2. The molecule has 5 aromatic carbocycles. The molecule has 3 atom stereocenters. The molecule has 41 heavy (non-hydrogen) atoms. The van der Waals surface area contributed by atoms with Gasteiger partial charge in [-0.3, -0.25) is 0 Å². The summed E-state index contributed by atoms with van der Waals surface area (Å²) >= 11 is 1.87. The molecule has 3 aliphatic rings. The van der Waals surface area contributed by atoms with Crippen LogP contribution >= 0.6 is 11.8 Å². The van der Waals surface area contributed by atoms with Crippen molar-refractivity contribution in [3.63, 3.8) is 0 Å². The maximum absolute atomic E-state index is 6.11. The van der Waals surface area contributed by atoms with Crippen molar-refractivity contribution in [2.24, 2.45) is 0 Å². The Balaban J connectivity index is 0.984. The molecule has 196 valence electrons. The number of thioether (sulfide) groups is 1. The fraction of sp³-hybridized carbons (Fsp3) is 0.0811. The Morgan fingerprint density at radius 3 is 2.32 bits per heavy atom. The lowest BCUT2D eigenvalue weighted by Crippen LogP contribution is -2.28. The van der Waals surface area contributed by atoms with Crippen LogP contribution in [0.15, 0.2) is 143 Å².